The third-order valence-corrected chi connectivity index (χ3v) is 5.38. The maximum Gasteiger partial charge on any atom is 0.231 e. The third-order valence-electron chi connectivity index (χ3n) is 3.54. The zero-order valence-corrected chi connectivity index (χ0v) is 14.5. The summed E-state index contributed by atoms with van der Waals surface area (Å²) in [5.74, 6) is 1.28. The topological polar surface area (TPSA) is 60.5 Å². The number of nitrogens with one attached hydrogen (secondary N) is 1. The van der Waals surface area contributed by atoms with E-state index in [9.17, 15) is 4.79 Å². The largest absolute Gasteiger partial charge is 0.454 e. The monoisotopic (exact) mass is 358 g/mol. The fourth-order valence-electron chi connectivity index (χ4n) is 2.52. The van der Waals surface area contributed by atoms with Gasteiger partial charge >= 0.3 is 0 Å². The highest BCUT2D eigenvalue weighted by atomic mass is 32.1. The van der Waals surface area contributed by atoms with E-state index in [1.807, 2.05) is 30.5 Å². The molecule has 1 aliphatic rings. The number of carbonyl (C=O) groups excluding carboxylic acids is 1. The average Bonchev–Trinajstić information content (AvgIpc) is 3.27. The highest BCUT2D eigenvalue weighted by Gasteiger charge is 2.17. The molecule has 3 aromatic rings. The van der Waals surface area contributed by atoms with Gasteiger partial charge in [0.1, 0.15) is 0 Å². The predicted octanol–water partition coefficient (Wildman–Crippen LogP) is 4.09. The Bertz CT molecular complexity index is 887. The first kappa shape index (κ1) is 15.2. The summed E-state index contributed by atoms with van der Waals surface area (Å²) in [6, 6.07) is 9.40. The minimum absolute atomic E-state index is 0.0738. The summed E-state index contributed by atoms with van der Waals surface area (Å²) in [7, 11) is 0. The highest BCUT2D eigenvalue weighted by molar-refractivity contribution is 7.15. The number of aryl methyl sites for hydroxylation is 1. The first-order valence-electron chi connectivity index (χ1n) is 7.39. The number of rotatable bonds is 4. The van der Waals surface area contributed by atoms with Crippen molar-refractivity contribution in [3.05, 3.63) is 45.6 Å². The van der Waals surface area contributed by atoms with Crippen LogP contribution in [0.3, 0.4) is 0 Å². The second-order valence-corrected chi connectivity index (χ2v) is 7.51. The summed E-state index contributed by atoms with van der Waals surface area (Å²) in [5.41, 5.74) is 1.61. The number of fused-ring (bicyclic) bond motifs is 1. The molecule has 0 bridgehead atoms. The van der Waals surface area contributed by atoms with E-state index in [0.29, 0.717) is 23.6 Å². The fraction of sp³-hybridized carbons (Fsp3) is 0.176. The van der Waals surface area contributed by atoms with Crippen LogP contribution in [-0.4, -0.2) is 17.7 Å². The highest BCUT2D eigenvalue weighted by Crippen LogP contribution is 2.35. The summed E-state index contributed by atoms with van der Waals surface area (Å²) in [4.78, 5) is 19.1. The van der Waals surface area contributed by atoms with E-state index in [1.54, 1.807) is 34.8 Å². The lowest BCUT2D eigenvalue weighted by Crippen LogP contribution is -2.14. The average molecular weight is 358 g/mol. The van der Waals surface area contributed by atoms with Crippen molar-refractivity contribution < 1.29 is 14.3 Å². The molecular formula is C17H14N2O3S2. The number of thiophene rings is 1. The van der Waals surface area contributed by atoms with Gasteiger partial charge in [0.15, 0.2) is 11.5 Å². The Morgan fingerprint density at radius 2 is 2.17 bits per heavy atom. The van der Waals surface area contributed by atoms with Gasteiger partial charge < -0.3 is 14.8 Å². The number of benzene rings is 1. The second kappa shape index (κ2) is 6.26. The second-order valence-electron chi connectivity index (χ2n) is 5.27. The van der Waals surface area contributed by atoms with E-state index in [4.69, 9.17) is 9.47 Å². The number of aromatic nitrogens is 1. The predicted molar refractivity (Wildman–Crippen MR) is 95.1 cm³/mol. The van der Waals surface area contributed by atoms with Crippen LogP contribution in [0.1, 0.15) is 9.88 Å². The number of anilines is 1. The van der Waals surface area contributed by atoms with Crippen LogP contribution in [0.25, 0.3) is 10.6 Å². The zero-order chi connectivity index (χ0) is 16.5. The number of amides is 1. The van der Waals surface area contributed by atoms with Crippen molar-refractivity contribution in [1.29, 1.82) is 0 Å². The number of carbonyl (C=O) groups is 1. The van der Waals surface area contributed by atoms with Crippen LogP contribution < -0.4 is 14.8 Å². The van der Waals surface area contributed by atoms with E-state index in [-0.39, 0.29) is 12.7 Å². The lowest BCUT2D eigenvalue weighted by atomic mass is 10.2. The molecule has 0 saturated heterocycles. The summed E-state index contributed by atoms with van der Waals surface area (Å²) < 4.78 is 10.6. The van der Waals surface area contributed by atoms with Crippen molar-refractivity contribution >= 4 is 34.3 Å². The van der Waals surface area contributed by atoms with Gasteiger partial charge in [-0.2, -0.15) is 0 Å². The molecule has 0 saturated carbocycles. The van der Waals surface area contributed by atoms with Crippen LogP contribution in [0.5, 0.6) is 11.5 Å². The van der Waals surface area contributed by atoms with Gasteiger partial charge in [-0.15, -0.1) is 22.7 Å². The van der Waals surface area contributed by atoms with Gasteiger partial charge in [-0.3, -0.25) is 4.79 Å². The molecule has 122 valence electrons. The van der Waals surface area contributed by atoms with E-state index in [2.05, 4.69) is 10.3 Å². The molecule has 1 aliphatic heterocycles. The lowest BCUT2D eigenvalue weighted by molar-refractivity contribution is -0.115. The quantitative estimate of drug-likeness (QED) is 0.763. The Balaban J connectivity index is 1.51. The maximum atomic E-state index is 12.4. The Morgan fingerprint density at radius 3 is 3.00 bits per heavy atom. The molecule has 1 N–H and O–H groups in total. The van der Waals surface area contributed by atoms with Gasteiger partial charge in [0.05, 0.1) is 22.0 Å². The van der Waals surface area contributed by atoms with Crippen LogP contribution in [0.4, 0.5) is 5.69 Å². The molecular weight excluding hydrogens is 344 g/mol. The Labute approximate surface area is 146 Å². The summed E-state index contributed by atoms with van der Waals surface area (Å²) >= 11 is 3.19. The summed E-state index contributed by atoms with van der Waals surface area (Å²) in [5, 5.41) is 5.89. The number of hydrogen-bond donors (Lipinski definition) is 1. The number of nitrogens with zero attached hydrogens (tertiary/aromatic N) is 1. The maximum absolute atomic E-state index is 12.4. The molecule has 7 heteroatoms. The molecule has 3 heterocycles. The fourth-order valence-corrected chi connectivity index (χ4v) is 4.28. The molecule has 1 amide bonds. The lowest BCUT2D eigenvalue weighted by Gasteiger charge is -2.06. The van der Waals surface area contributed by atoms with E-state index in [1.165, 1.54) is 0 Å². The molecule has 5 nitrogen and oxygen atoms in total. The van der Waals surface area contributed by atoms with Crippen LogP contribution in [-0.2, 0) is 11.2 Å². The molecule has 0 spiro atoms. The van der Waals surface area contributed by atoms with Gasteiger partial charge in [0.25, 0.3) is 0 Å². The molecule has 0 fully saturated rings. The van der Waals surface area contributed by atoms with Gasteiger partial charge in [0, 0.05) is 16.6 Å². The summed E-state index contributed by atoms with van der Waals surface area (Å²) in [6.07, 6.45) is 0.299. The van der Waals surface area contributed by atoms with E-state index in [0.717, 1.165) is 20.5 Å². The minimum Gasteiger partial charge on any atom is -0.454 e. The minimum atomic E-state index is -0.0738. The van der Waals surface area contributed by atoms with Crippen molar-refractivity contribution in [2.75, 3.05) is 12.1 Å². The molecule has 0 unspecified atom stereocenters. The Kier molecular flexibility index (Phi) is 3.95. The smallest absolute Gasteiger partial charge is 0.231 e. The number of thiazole rings is 1. The standard InChI is InChI=1S/C17H14N2O3S2/c1-10-18-17(14-3-2-6-23-14)15(24-10)8-16(20)19-11-4-5-12-13(7-11)22-9-21-12/h2-7H,8-9H2,1H3,(H,19,20). The van der Waals surface area contributed by atoms with E-state index >= 15 is 0 Å². The Hall–Kier alpha value is -2.38. The first-order chi connectivity index (χ1) is 11.7. The number of ether oxygens (including phenoxy) is 2. The normalized spacial score (nSPS) is 12.4. The van der Waals surface area contributed by atoms with Crippen molar-refractivity contribution in [2.45, 2.75) is 13.3 Å². The van der Waals surface area contributed by atoms with Gasteiger partial charge in [-0.1, -0.05) is 6.07 Å². The van der Waals surface area contributed by atoms with Crippen LogP contribution in [0.2, 0.25) is 0 Å². The zero-order valence-electron chi connectivity index (χ0n) is 12.9. The summed E-state index contributed by atoms with van der Waals surface area (Å²) in [6.45, 7) is 2.18. The SMILES string of the molecule is Cc1nc(-c2cccs2)c(CC(=O)Nc2ccc3c(c2)OCO3)s1. The molecule has 0 atom stereocenters. The van der Waals surface area contributed by atoms with Crippen LogP contribution in [0, 0.1) is 6.92 Å². The molecule has 2 aromatic heterocycles. The van der Waals surface area contributed by atoms with E-state index < -0.39 is 0 Å². The van der Waals surface area contributed by atoms with Gasteiger partial charge in [0.2, 0.25) is 12.7 Å². The van der Waals surface area contributed by atoms with Crippen molar-refractivity contribution in [3.8, 4) is 22.1 Å². The van der Waals surface area contributed by atoms with Gasteiger partial charge in [-0.25, -0.2) is 4.98 Å². The van der Waals surface area contributed by atoms with Crippen LogP contribution >= 0.6 is 22.7 Å². The Morgan fingerprint density at radius 1 is 1.29 bits per heavy atom. The number of hydrogen-bond acceptors (Lipinski definition) is 6. The van der Waals surface area contributed by atoms with Crippen molar-refractivity contribution in [2.24, 2.45) is 0 Å². The van der Waals surface area contributed by atoms with Crippen molar-refractivity contribution in [3.63, 3.8) is 0 Å². The molecule has 4 rings (SSSR count). The molecule has 0 aliphatic carbocycles. The molecule has 1 aromatic carbocycles. The van der Waals surface area contributed by atoms with Gasteiger partial charge in [-0.05, 0) is 30.5 Å². The molecule has 24 heavy (non-hydrogen) atoms. The first-order valence-corrected chi connectivity index (χ1v) is 9.08. The van der Waals surface area contributed by atoms with Crippen molar-refractivity contribution in [1.82, 2.24) is 4.98 Å². The molecule has 0 radical (unpaired) electrons. The third kappa shape index (κ3) is 3.00. The van der Waals surface area contributed by atoms with Crippen LogP contribution in [0.15, 0.2) is 35.7 Å².